The van der Waals surface area contributed by atoms with E-state index >= 15 is 0 Å². The van der Waals surface area contributed by atoms with E-state index in [9.17, 15) is 0 Å². The first-order valence-corrected chi connectivity index (χ1v) is 7.88. The van der Waals surface area contributed by atoms with Crippen molar-refractivity contribution in [3.05, 3.63) is 0 Å². The minimum atomic E-state index is 0. The Morgan fingerprint density at radius 2 is 1.06 bits per heavy atom. The van der Waals surface area contributed by atoms with Crippen molar-refractivity contribution < 1.29 is 0 Å². The van der Waals surface area contributed by atoms with Gasteiger partial charge in [-0.1, -0.05) is 71.6 Å². The molecule has 1 atom stereocenters. The van der Waals surface area contributed by atoms with Crippen molar-refractivity contribution in [2.45, 2.75) is 90.5 Å². The van der Waals surface area contributed by atoms with E-state index in [4.69, 9.17) is 0 Å². The van der Waals surface area contributed by atoms with Crippen LogP contribution in [0.5, 0.6) is 0 Å². The highest BCUT2D eigenvalue weighted by Gasteiger charge is 2.09. The van der Waals surface area contributed by atoms with E-state index < -0.39 is 0 Å². The van der Waals surface area contributed by atoms with E-state index in [0.717, 1.165) is 6.04 Å². The highest BCUT2D eigenvalue weighted by molar-refractivity contribution is 5.85. The summed E-state index contributed by atoms with van der Waals surface area (Å²) in [6.45, 7) is 4.58. The maximum Gasteiger partial charge on any atom is 0.00891 e. The molecule has 0 heterocycles. The molecule has 0 aromatic carbocycles. The Morgan fingerprint density at radius 1 is 0.667 bits per heavy atom. The van der Waals surface area contributed by atoms with Crippen molar-refractivity contribution >= 4 is 12.4 Å². The number of hydrogen-bond donors (Lipinski definition) is 0. The van der Waals surface area contributed by atoms with Gasteiger partial charge in [-0.05, 0) is 26.9 Å². The first-order chi connectivity index (χ1) is 8.22. The minimum Gasteiger partial charge on any atom is -0.306 e. The summed E-state index contributed by atoms with van der Waals surface area (Å²) in [7, 11) is 4.49. The van der Waals surface area contributed by atoms with Gasteiger partial charge in [-0.25, -0.2) is 0 Å². The van der Waals surface area contributed by atoms with Gasteiger partial charge in [0.1, 0.15) is 0 Å². The van der Waals surface area contributed by atoms with Crippen molar-refractivity contribution in [3.63, 3.8) is 0 Å². The van der Waals surface area contributed by atoms with Crippen LogP contribution in [0.4, 0.5) is 0 Å². The predicted octanol–water partition coefficient (Wildman–Crippen LogP) is 5.67. The van der Waals surface area contributed by atoms with Crippen LogP contribution < -0.4 is 0 Å². The van der Waals surface area contributed by atoms with Gasteiger partial charge in [-0.15, -0.1) is 12.4 Å². The molecule has 0 saturated heterocycles. The highest BCUT2D eigenvalue weighted by Crippen LogP contribution is 2.15. The van der Waals surface area contributed by atoms with Gasteiger partial charge < -0.3 is 4.90 Å². The topological polar surface area (TPSA) is 3.24 Å². The first kappa shape index (κ1) is 20.6. The molecule has 0 saturated carbocycles. The molecule has 1 nitrogen and oxygen atoms in total. The zero-order chi connectivity index (χ0) is 12.9. The molecule has 0 spiro atoms. The normalized spacial score (nSPS) is 12.5. The molecule has 1 unspecified atom stereocenters. The second-order valence-electron chi connectivity index (χ2n) is 5.67. The predicted molar refractivity (Wildman–Crippen MR) is 86.9 cm³/mol. The fourth-order valence-electron chi connectivity index (χ4n) is 2.45. The van der Waals surface area contributed by atoms with Gasteiger partial charge in [0.25, 0.3) is 0 Å². The number of rotatable bonds is 12. The fraction of sp³-hybridized carbons (Fsp3) is 1.00. The van der Waals surface area contributed by atoms with Crippen molar-refractivity contribution in [3.8, 4) is 0 Å². The zero-order valence-corrected chi connectivity index (χ0v) is 14.0. The number of nitrogens with zero attached hydrogens (tertiary/aromatic N) is 1. The largest absolute Gasteiger partial charge is 0.306 e. The Labute approximate surface area is 122 Å². The summed E-state index contributed by atoms with van der Waals surface area (Å²) in [5.41, 5.74) is 0. The molecule has 0 aromatic heterocycles. The molecule has 0 amide bonds. The van der Waals surface area contributed by atoms with Gasteiger partial charge in [-0.2, -0.15) is 0 Å². The molecule has 18 heavy (non-hydrogen) atoms. The summed E-state index contributed by atoms with van der Waals surface area (Å²) in [4.78, 5) is 2.43. The van der Waals surface area contributed by atoms with E-state index in [2.05, 4.69) is 32.8 Å². The number of hydrogen-bond acceptors (Lipinski definition) is 1. The van der Waals surface area contributed by atoms with Crippen LogP contribution in [-0.4, -0.2) is 25.0 Å². The second kappa shape index (κ2) is 15.3. The van der Waals surface area contributed by atoms with Crippen LogP contribution in [0.25, 0.3) is 0 Å². The first-order valence-electron chi connectivity index (χ1n) is 7.88. The molecule has 0 aliphatic rings. The molecule has 0 rings (SSSR count). The van der Waals surface area contributed by atoms with Crippen LogP contribution >= 0.6 is 12.4 Å². The van der Waals surface area contributed by atoms with Gasteiger partial charge in [0, 0.05) is 6.04 Å². The maximum absolute atomic E-state index is 2.43. The van der Waals surface area contributed by atoms with E-state index in [1.807, 2.05) is 0 Å². The summed E-state index contributed by atoms with van der Waals surface area (Å²) < 4.78 is 0. The molecule has 112 valence electrons. The Hall–Kier alpha value is 0.250. The Kier molecular flexibility index (Phi) is 17.5. The number of halogens is 1. The van der Waals surface area contributed by atoms with Crippen molar-refractivity contribution in [1.29, 1.82) is 0 Å². The van der Waals surface area contributed by atoms with E-state index in [1.165, 1.54) is 70.6 Å². The third kappa shape index (κ3) is 12.7. The maximum atomic E-state index is 2.43. The summed E-state index contributed by atoms with van der Waals surface area (Å²) in [6.07, 6.45) is 15.5. The quantitative estimate of drug-likeness (QED) is 0.416. The van der Waals surface area contributed by atoms with Gasteiger partial charge in [0.2, 0.25) is 0 Å². The van der Waals surface area contributed by atoms with Crippen molar-refractivity contribution in [1.82, 2.24) is 4.90 Å². The smallest absolute Gasteiger partial charge is 0.00891 e. The van der Waals surface area contributed by atoms with Gasteiger partial charge >= 0.3 is 0 Å². The third-order valence-corrected chi connectivity index (χ3v) is 3.76. The Bertz CT molecular complexity index is 148. The molecule has 0 N–H and O–H groups in total. The fourth-order valence-corrected chi connectivity index (χ4v) is 2.45. The molecule has 0 fully saturated rings. The van der Waals surface area contributed by atoms with Gasteiger partial charge in [-0.3, -0.25) is 0 Å². The average molecular weight is 278 g/mol. The number of unbranched alkanes of at least 4 members (excludes halogenated alkanes) is 7. The van der Waals surface area contributed by atoms with Crippen LogP contribution in [0.1, 0.15) is 84.5 Å². The van der Waals surface area contributed by atoms with E-state index in [-0.39, 0.29) is 12.4 Å². The summed E-state index contributed by atoms with van der Waals surface area (Å²) in [6, 6.07) is 0.827. The second-order valence-corrected chi connectivity index (χ2v) is 5.67. The summed E-state index contributed by atoms with van der Waals surface area (Å²) in [5, 5.41) is 0. The van der Waals surface area contributed by atoms with Gasteiger partial charge in [0.05, 0.1) is 0 Å². The van der Waals surface area contributed by atoms with Crippen molar-refractivity contribution in [2.75, 3.05) is 14.1 Å². The summed E-state index contributed by atoms with van der Waals surface area (Å²) in [5.74, 6) is 0. The SMILES string of the molecule is CCCCCCCCC(CCCCC)N(C)C.Cl. The van der Waals surface area contributed by atoms with Gasteiger partial charge in [0.15, 0.2) is 0 Å². The van der Waals surface area contributed by atoms with Crippen LogP contribution in [0.2, 0.25) is 0 Å². The lowest BCUT2D eigenvalue weighted by Gasteiger charge is -2.24. The van der Waals surface area contributed by atoms with Crippen LogP contribution in [0.3, 0.4) is 0 Å². The molecule has 0 bridgehead atoms. The van der Waals surface area contributed by atoms with Crippen LogP contribution in [0.15, 0.2) is 0 Å². The minimum absolute atomic E-state index is 0. The lowest BCUT2D eigenvalue weighted by atomic mass is 10.0. The Morgan fingerprint density at radius 3 is 1.56 bits per heavy atom. The lowest BCUT2D eigenvalue weighted by molar-refractivity contribution is 0.252. The molecule has 0 radical (unpaired) electrons. The molecule has 2 heteroatoms. The van der Waals surface area contributed by atoms with E-state index in [0.29, 0.717) is 0 Å². The van der Waals surface area contributed by atoms with E-state index in [1.54, 1.807) is 0 Å². The Balaban J connectivity index is 0. The molecular formula is C16H36ClN. The van der Waals surface area contributed by atoms with Crippen molar-refractivity contribution in [2.24, 2.45) is 0 Å². The lowest BCUT2D eigenvalue weighted by Crippen LogP contribution is -2.27. The van der Waals surface area contributed by atoms with Crippen LogP contribution in [0, 0.1) is 0 Å². The highest BCUT2D eigenvalue weighted by atomic mass is 35.5. The van der Waals surface area contributed by atoms with Crippen LogP contribution in [-0.2, 0) is 0 Å². The average Bonchev–Trinajstić information content (AvgIpc) is 2.31. The summed E-state index contributed by atoms with van der Waals surface area (Å²) >= 11 is 0. The zero-order valence-electron chi connectivity index (χ0n) is 13.2. The molecule has 0 aliphatic heterocycles. The third-order valence-electron chi connectivity index (χ3n) is 3.76. The standard InChI is InChI=1S/C16H35N.ClH/c1-5-7-9-10-11-13-15-16(17(3)4)14-12-8-6-2;/h16H,5-15H2,1-4H3;1H. The molecule has 0 aromatic rings. The molecule has 0 aliphatic carbocycles. The monoisotopic (exact) mass is 277 g/mol. The molecular weight excluding hydrogens is 242 g/mol.